The molecule has 0 spiro atoms. The number of carbonyl (C=O) groups is 1. The van der Waals surface area contributed by atoms with Gasteiger partial charge in [0, 0.05) is 12.0 Å². The number of ketones is 1. The molecule has 0 fully saturated rings. The number of benzene rings is 1. The van der Waals surface area contributed by atoms with E-state index < -0.39 is 9.58 Å². The Bertz CT molecular complexity index is 410. The number of ether oxygens (including phenoxy) is 1. The summed E-state index contributed by atoms with van der Waals surface area (Å²) >= 11 is 16.6. The monoisotopic (exact) mass is 264 g/mol. The van der Waals surface area contributed by atoms with E-state index in [0.29, 0.717) is 12.2 Å². The van der Waals surface area contributed by atoms with Crippen LogP contribution in [0.15, 0.2) is 18.2 Å². The summed E-state index contributed by atoms with van der Waals surface area (Å²) in [6.45, 7) is 0.640. The largest absolute Gasteiger partial charge is 0.493 e. The summed E-state index contributed by atoms with van der Waals surface area (Å²) in [7, 11) is 0. The minimum Gasteiger partial charge on any atom is -0.493 e. The van der Waals surface area contributed by atoms with Gasteiger partial charge in [-0.3, -0.25) is 4.79 Å². The molecule has 1 aromatic rings. The highest BCUT2D eigenvalue weighted by molar-refractivity contribution is 6.77. The number of Topliss-reactive ketones (excluding diaryl/α,β-unsaturated/α-hetero) is 1. The van der Waals surface area contributed by atoms with Gasteiger partial charge in [-0.15, -0.1) is 0 Å². The minimum absolute atomic E-state index is 0.402. The van der Waals surface area contributed by atoms with Crippen molar-refractivity contribution in [2.24, 2.45) is 0 Å². The van der Waals surface area contributed by atoms with Gasteiger partial charge in [-0.1, -0.05) is 34.8 Å². The Balaban J connectivity index is 2.35. The lowest BCUT2D eigenvalue weighted by Crippen LogP contribution is -2.18. The van der Waals surface area contributed by atoms with Crippen molar-refractivity contribution in [3.63, 3.8) is 0 Å². The van der Waals surface area contributed by atoms with Gasteiger partial charge in [0.15, 0.2) is 0 Å². The van der Waals surface area contributed by atoms with Crippen molar-refractivity contribution in [3.05, 3.63) is 29.3 Å². The van der Waals surface area contributed by atoms with Crippen molar-refractivity contribution in [1.29, 1.82) is 0 Å². The Morgan fingerprint density at radius 1 is 1.33 bits per heavy atom. The molecule has 5 heteroatoms. The van der Waals surface area contributed by atoms with Crippen molar-refractivity contribution in [3.8, 4) is 5.75 Å². The van der Waals surface area contributed by atoms with Crippen LogP contribution in [0.25, 0.3) is 0 Å². The molecule has 0 radical (unpaired) electrons. The first-order valence-electron chi connectivity index (χ1n) is 4.36. The third-order valence-electron chi connectivity index (χ3n) is 2.21. The number of fused-ring (bicyclic) bond motifs is 1. The van der Waals surface area contributed by atoms with E-state index >= 15 is 0 Å². The lowest BCUT2D eigenvalue weighted by atomic mass is 10.1. The number of halogens is 3. The third-order valence-corrected chi connectivity index (χ3v) is 2.72. The van der Waals surface area contributed by atoms with Crippen LogP contribution in [0.5, 0.6) is 5.75 Å². The Kier molecular flexibility index (Phi) is 2.84. The predicted molar refractivity (Wildman–Crippen MR) is 60.3 cm³/mol. The average molecular weight is 266 g/mol. The molecule has 2 nitrogen and oxygen atoms in total. The molecule has 0 aliphatic carbocycles. The van der Waals surface area contributed by atoms with Gasteiger partial charge in [0.1, 0.15) is 5.75 Å². The first-order valence-corrected chi connectivity index (χ1v) is 5.49. The van der Waals surface area contributed by atoms with Crippen LogP contribution >= 0.6 is 34.8 Å². The molecule has 0 saturated heterocycles. The first kappa shape index (κ1) is 11.1. The zero-order chi connectivity index (χ0) is 11.1. The maximum absolute atomic E-state index is 11.6. The second-order valence-corrected chi connectivity index (χ2v) is 5.53. The van der Waals surface area contributed by atoms with Gasteiger partial charge in [-0.2, -0.15) is 0 Å². The maximum atomic E-state index is 11.6. The Labute approximate surface area is 102 Å². The van der Waals surface area contributed by atoms with Crippen molar-refractivity contribution in [1.82, 2.24) is 0 Å². The van der Waals surface area contributed by atoms with E-state index in [-0.39, 0.29) is 0 Å². The second-order valence-electron chi connectivity index (χ2n) is 3.25. The van der Waals surface area contributed by atoms with E-state index in [0.717, 1.165) is 17.7 Å². The standard InChI is InChI=1S/C10H7Cl3O2/c11-10(12,13)9(14)7-1-2-8-6(5-7)3-4-15-8/h1-2,5H,3-4H2. The molecule has 0 aromatic heterocycles. The lowest BCUT2D eigenvalue weighted by molar-refractivity contribution is 0.0996. The average Bonchev–Trinajstić information content (AvgIpc) is 2.61. The molecule has 1 heterocycles. The zero-order valence-corrected chi connectivity index (χ0v) is 9.86. The normalized spacial score (nSPS) is 14.6. The van der Waals surface area contributed by atoms with E-state index in [1.54, 1.807) is 18.2 Å². The molecule has 1 aliphatic rings. The number of carbonyl (C=O) groups excluding carboxylic acids is 1. The smallest absolute Gasteiger partial charge is 0.253 e. The third kappa shape index (κ3) is 2.22. The minimum atomic E-state index is -1.90. The van der Waals surface area contributed by atoms with Crippen LogP contribution in [0.2, 0.25) is 0 Å². The fraction of sp³-hybridized carbons (Fsp3) is 0.300. The van der Waals surface area contributed by atoms with Crippen LogP contribution in [-0.4, -0.2) is 16.2 Å². The van der Waals surface area contributed by atoms with Gasteiger partial charge < -0.3 is 4.74 Å². The summed E-state index contributed by atoms with van der Waals surface area (Å²) in [6, 6.07) is 5.05. The Morgan fingerprint density at radius 2 is 2.07 bits per heavy atom. The SMILES string of the molecule is O=C(c1ccc2c(c1)CCO2)C(Cl)(Cl)Cl. The molecule has 1 aliphatic heterocycles. The van der Waals surface area contributed by atoms with Gasteiger partial charge in [-0.05, 0) is 23.8 Å². The molecule has 0 saturated carbocycles. The summed E-state index contributed by atoms with van der Waals surface area (Å²) in [5.74, 6) is 0.290. The quantitative estimate of drug-likeness (QED) is 0.576. The van der Waals surface area contributed by atoms with E-state index in [1.807, 2.05) is 0 Å². The fourth-order valence-electron chi connectivity index (χ4n) is 1.49. The van der Waals surface area contributed by atoms with Crippen LogP contribution in [0.4, 0.5) is 0 Å². The topological polar surface area (TPSA) is 26.3 Å². The molecule has 0 unspecified atom stereocenters. The predicted octanol–water partition coefficient (Wildman–Crippen LogP) is 3.17. The van der Waals surface area contributed by atoms with Crippen LogP contribution in [0, 0.1) is 0 Å². The van der Waals surface area contributed by atoms with Crippen LogP contribution in [0.3, 0.4) is 0 Å². The van der Waals surface area contributed by atoms with E-state index in [1.165, 1.54) is 0 Å². The Morgan fingerprint density at radius 3 is 2.73 bits per heavy atom. The van der Waals surface area contributed by atoms with E-state index in [9.17, 15) is 4.79 Å². The van der Waals surface area contributed by atoms with Crippen molar-refractivity contribution < 1.29 is 9.53 Å². The van der Waals surface area contributed by atoms with Crippen molar-refractivity contribution in [2.45, 2.75) is 10.2 Å². The second kappa shape index (κ2) is 3.85. The van der Waals surface area contributed by atoms with Gasteiger partial charge in [0.25, 0.3) is 3.79 Å². The van der Waals surface area contributed by atoms with Crippen LogP contribution in [-0.2, 0) is 6.42 Å². The molecular weight excluding hydrogens is 258 g/mol. The molecule has 0 amide bonds. The zero-order valence-electron chi connectivity index (χ0n) is 7.60. The van der Waals surface area contributed by atoms with Crippen molar-refractivity contribution >= 4 is 40.6 Å². The summed E-state index contributed by atoms with van der Waals surface area (Å²) in [5, 5.41) is 0. The molecule has 0 atom stereocenters. The first-order chi connectivity index (χ1) is 6.98. The highest BCUT2D eigenvalue weighted by Gasteiger charge is 2.32. The summed E-state index contributed by atoms with van der Waals surface area (Å²) in [6.07, 6.45) is 0.788. The lowest BCUT2D eigenvalue weighted by Gasteiger charge is -2.09. The summed E-state index contributed by atoms with van der Waals surface area (Å²) in [4.78, 5) is 11.6. The maximum Gasteiger partial charge on any atom is 0.253 e. The molecule has 15 heavy (non-hydrogen) atoms. The van der Waals surface area contributed by atoms with Gasteiger partial charge in [0.2, 0.25) is 5.78 Å². The highest BCUT2D eigenvalue weighted by atomic mass is 35.6. The molecular formula is C10H7Cl3O2. The molecule has 80 valence electrons. The number of rotatable bonds is 1. The van der Waals surface area contributed by atoms with E-state index in [4.69, 9.17) is 39.5 Å². The van der Waals surface area contributed by atoms with Gasteiger partial charge in [-0.25, -0.2) is 0 Å². The van der Waals surface area contributed by atoms with Gasteiger partial charge >= 0.3 is 0 Å². The van der Waals surface area contributed by atoms with E-state index in [2.05, 4.69) is 0 Å². The molecule has 0 bridgehead atoms. The molecule has 1 aromatic carbocycles. The van der Waals surface area contributed by atoms with Crippen molar-refractivity contribution in [2.75, 3.05) is 6.61 Å². The Hall–Kier alpha value is -0.440. The molecule has 0 N–H and O–H groups in total. The number of hydrogen-bond acceptors (Lipinski definition) is 2. The summed E-state index contributed by atoms with van der Waals surface area (Å²) < 4.78 is 3.41. The number of hydrogen-bond donors (Lipinski definition) is 0. The number of alkyl halides is 3. The highest BCUT2D eigenvalue weighted by Crippen LogP contribution is 2.33. The van der Waals surface area contributed by atoms with Gasteiger partial charge in [0.05, 0.1) is 6.61 Å². The summed E-state index contributed by atoms with van der Waals surface area (Å²) in [5.41, 5.74) is 1.38. The molecule has 2 rings (SSSR count). The van der Waals surface area contributed by atoms with Crippen LogP contribution < -0.4 is 4.74 Å². The fourth-order valence-corrected chi connectivity index (χ4v) is 1.82. The van der Waals surface area contributed by atoms with Crippen LogP contribution in [0.1, 0.15) is 15.9 Å².